The zero-order chi connectivity index (χ0) is 10.6. The maximum atomic E-state index is 13.1. The third-order valence-electron chi connectivity index (χ3n) is 1.75. The molecule has 0 saturated carbocycles. The van der Waals surface area contributed by atoms with Crippen molar-refractivity contribution in [3.05, 3.63) is 29.6 Å². The van der Waals surface area contributed by atoms with E-state index in [9.17, 15) is 9.18 Å². The van der Waals surface area contributed by atoms with Crippen LogP contribution in [0.3, 0.4) is 0 Å². The number of benzene rings is 1. The summed E-state index contributed by atoms with van der Waals surface area (Å²) in [5.41, 5.74) is 5.93. The molecule has 0 aromatic heterocycles. The third-order valence-corrected chi connectivity index (χ3v) is 1.75. The van der Waals surface area contributed by atoms with Crippen LogP contribution in [0.25, 0.3) is 0 Å². The monoisotopic (exact) mass is 198 g/mol. The van der Waals surface area contributed by atoms with Crippen molar-refractivity contribution in [1.82, 2.24) is 0 Å². The van der Waals surface area contributed by atoms with Crippen molar-refractivity contribution >= 4 is 11.8 Å². The predicted molar refractivity (Wildman–Crippen MR) is 50.3 cm³/mol. The Balaban J connectivity index is 2.96. The van der Waals surface area contributed by atoms with Crippen LogP contribution in [0.2, 0.25) is 0 Å². The highest BCUT2D eigenvalue weighted by atomic mass is 19.1. The molecule has 1 rings (SSSR count). The van der Waals surface area contributed by atoms with Crippen molar-refractivity contribution in [2.45, 2.75) is 6.54 Å². The number of carbonyl (C=O) groups excluding carboxylic acids is 1. The number of nitrogens with one attached hydrogen (secondary N) is 1. The summed E-state index contributed by atoms with van der Waals surface area (Å²) in [6.07, 6.45) is -0.648. The summed E-state index contributed by atoms with van der Waals surface area (Å²) in [7, 11) is 1.23. The minimum Gasteiger partial charge on any atom is -0.453 e. The molecule has 3 N–H and O–H groups in total. The second kappa shape index (κ2) is 4.57. The number of hydrogen-bond donors (Lipinski definition) is 2. The van der Waals surface area contributed by atoms with Crippen LogP contribution < -0.4 is 11.1 Å². The number of ether oxygens (including phenoxy) is 1. The molecule has 5 heteroatoms. The fourth-order valence-electron chi connectivity index (χ4n) is 1.04. The van der Waals surface area contributed by atoms with Gasteiger partial charge in [0.05, 0.1) is 12.8 Å². The van der Waals surface area contributed by atoms with E-state index < -0.39 is 11.9 Å². The smallest absolute Gasteiger partial charge is 0.411 e. The van der Waals surface area contributed by atoms with Gasteiger partial charge in [0.25, 0.3) is 0 Å². The van der Waals surface area contributed by atoms with Gasteiger partial charge in [0, 0.05) is 12.1 Å². The molecule has 0 saturated heterocycles. The van der Waals surface area contributed by atoms with Gasteiger partial charge in [0.2, 0.25) is 0 Å². The first-order valence-corrected chi connectivity index (χ1v) is 4.01. The highest BCUT2D eigenvalue weighted by Crippen LogP contribution is 2.18. The van der Waals surface area contributed by atoms with Gasteiger partial charge in [0.1, 0.15) is 5.82 Å². The summed E-state index contributed by atoms with van der Waals surface area (Å²) in [6, 6.07) is 4.33. The lowest BCUT2D eigenvalue weighted by molar-refractivity contribution is 0.187. The summed E-state index contributed by atoms with van der Waals surface area (Å²) < 4.78 is 17.5. The number of rotatable bonds is 2. The summed E-state index contributed by atoms with van der Waals surface area (Å²) in [4.78, 5) is 10.9. The first-order valence-electron chi connectivity index (χ1n) is 4.01. The normalized spacial score (nSPS) is 9.64. The molecule has 1 amide bonds. The molecule has 14 heavy (non-hydrogen) atoms. The third kappa shape index (κ3) is 2.20. The molecule has 0 atom stereocenters. The Morgan fingerprint density at radius 1 is 1.64 bits per heavy atom. The zero-order valence-electron chi connectivity index (χ0n) is 7.71. The highest BCUT2D eigenvalue weighted by molar-refractivity contribution is 5.85. The summed E-state index contributed by atoms with van der Waals surface area (Å²) in [6.45, 7) is 0.0198. The Kier molecular flexibility index (Phi) is 3.41. The topological polar surface area (TPSA) is 64.3 Å². The van der Waals surface area contributed by atoms with Crippen LogP contribution in [0, 0.1) is 5.82 Å². The van der Waals surface area contributed by atoms with Crippen LogP contribution in [-0.4, -0.2) is 13.2 Å². The van der Waals surface area contributed by atoms with Gasteiger partial charge >= 0.3 is 6.09 Å². The van der Waals surface area contributed by atoms with Crippen molar-refractivity contribution in [3.8, 4) is 0 Å². The number of nitrogens with two attached hydrogens (primary N) is 1. The zero-order valence-corrected chi connectivity index (χ0v) is 7.71. The van der Waals surface area contributed by atoms with Gasteiger partial charge in [-0.15, -0.1) is 0 Å². The Morgan fingerprint density at radius 3 is 2.93 bits per heavy atom. The van der Waals surface area contributed by atoms with Gasteiger partial charge in [-0.3, -0.25) is 5.32 Å². The van der Waals surface area contributed by atoms with Gasteiger partial charge in [-0.05, 0) is 12.1 Å². The van der Waals surface area contributed by atoms with Gasteiger partial charge < -0.3 is 10.5 Å². The van der Waals surface area contributed by atoms with E-state index in [1.54, 1.807) is 6.07 Å². The van der Waals surface area contributed by atoms with Crippen molar-refractivity contribution in [2.24, 2.45) is 5.73 Å². The molecule has 0 radical (unpaired) electrons. The van der Waals surface area contributed by atoms with Gasteiger partial charge in [-0.25, -0.2) is 9.18 Å². The van der Waals surface area contributed by atoms with Crippen LogP contribution in [0.5, 0.6) is 0 Å². The molecule has 1 aromatic rings. The average Bonchev–Trinajstić information content (AvgIpc) is 2.18. The largest absolute Gasteiger partial charge is 0.453 e. The highest BCUT2D eigenvalue weighted by Gasteiger charge is 2.08. The fourth-order valence-corrected chi connectivity index (χ4v) is 1.04. The fraction of sp³-hybridized carbons (Fsp3) is 0.222. The lowest BCUT2D eigenvalue weighted by Crippen LogP contribution is -2.14. The molecule has 0 heterocycles. The van der Waals surface area contributed by atoms with Gasteiger partial charge in [-0.2, -0.15) is 0 Å². The minimum absolute atomic E-state index is 0.0198. The van der Waals surface area contributed by atoms with Gasteiger partial charge in [0.15, 0.2) is 0 Å². The first kappa shape index (κ1) is 10.5. The maximum Gasteiger partial charge on any atom is 0.411 e. The molecular formula is C9H11FN2O2. The van der Waals surface area contributed by atoms with E-state index in [1.165, 1.54) is 19.2 Å². The van der Waals surface area contributed by atoms with E-state index in [-0.39, 0.29) is 12.1 Å². The molecule has 0 aliphatic heterocycles. The average molecular weight is 198 g/mol. The van der Waals surface area contributed by atoms with Crippen molar-refractivity contribution < 1.29 is 13.9 Å². The van der Waals surface area contributed by atoms with E-state index in [1.807, 2.05) is 0 Å². The molecule has 0 aliphatic rings. The van der Waals surface area contributed by atoms with Crippen molar-refractivity contribution in [3.63, 3.8) is 0 Å². The number of hydrogen-bond acceptors (Lipinski definition) is 3. The van der Waals surface area contributed by atoms with Crippen LogP contribution in [-0.2, 0) is 11.3 Å². The molecule has 0 aliphatic carbocycles. The van der Waals surface area contributed by atoms with E-state index in [0.29, 0.717) is 5.69 Å². The lowest BCUT2D eigenvalue weighted by atomic mass is 10.1. The summed E-state index contributed by atoms with van der Waals surface area (Å²) in [5, 5.41) is 2.37. The Hall–Kier alpha value is -1.62. The Morgan fingerprint density at radius 2 is 2.36 bits per heavy atom. The molecule has 76 valence electrons. The van der Waals surface area contributed by atoms with Crippen molar-refractivity contribution in [1.29, 1.82) is 0 Å². The second-order valence-corrected chi connectivity index (χ2v) is 2.59. The number of halogens is 1. The van der Waals surface area contributed by atoms with E-state index in [4.69, 9.17) is 5.73 Å². The van der Waals surface area contributed by atoms with E-state index in [0.717, 1.165) is 0 Å². The van der Waals surface area contributed by atoms with Crippen LogP contribution in [0.4, 0.5) is 14.9 Å². The van der Waals surface area contributed by atoms with Crippen LogP contribution >= 0.6 is 0 Å². The molecule has 0 fully saturated rings. The number of anilines is 1. The number of carbonyl (C=O) groups is 1. The van der Waals surface area contributed by atoms with Crippen LogP contribution in [0.1, 0.15) is 5.56 Å². The van der Waals surface area contributed by atoms with Crippen LogP contribution in [0.15, 0.2) is 18.2 Å². The predicted octanol–water partition coefficient (Wildman–Crippen LogP) is 1.46. The minimum atomic E-state index is -0.648. The summed E-state index contributed by atoms with van der Waals surface area (Å²) >= 11 is 0. The van der Waals surface area contributed by atoms with Gasteiger partial charge in [-0.1, -0.05) is 6.07 Å². The lowest BCUT2D eigenvalue weighted by Gasteiger charge is -2.08. The molecule has 0 bridgehead atoms. The second-order valence-electron chi connectivity index (χ2n) is 2.59. The Labute approximate surface area is 80.9 Å². The standard InChI is InChI=1S/C9H11FN2O2/c1-14-9(13)12-8-4-2-3-7(10)6(8)5-11/h2-4H,5,11H2,1H3,(H,12,13). The molecule has 0 unspecified atom stereocenters. The van der Waals surface area contributed by atoms with E-state index in [2.05, 4.69) is 10.1 Å². The number of methoxy groups -OCH3 is 1. The molecule has 1 aromatic carbocycles. The molecule has 4 nitrogen and oxygen atoms in total. The SMILES string of the molecule is COC(=O)Nc1cccc(F)c1CN. The summed E-state index contributed by atoms with van der Waals surface area (Å²) in [5.74, 6) is -0.443. The molecule has 0 spiro atoms. The Bertz CT molecular complexity index is 342. The quantitative estimate of drug-likeness (QED) is 0.756. The first-order chi connectivity index (χ1) is 6.69. The molecular weight excluding hydrogens is 187 g/mol. The van der Waals surface area contributed by atoms with Crippen molar-refractivity contribution in [2.75, 3.05) is 12.4 Å². The van der Waals surface area contributed by atoms with E-state index >= 15 is 0 Å². The maximum absolute atomic E-state index is 13.1. The number of amides is 1.